The Kier molecular flexibility index (Phi) is 4.04. The lowest BCUT2D eigenvalue weighted by atomic mass is 10.0. The van der Waals surface area contributed by atoms with Crippen LogP contribution in [0.4, 0.5) is 4.39 Å². The third-order valence-electron chi connectivity index (χ3n) is 4.35. The minimum Gasteiger partial charge on any atom is -0.309 e. The van der Waals surface area contributed by atoms with Crippen LogP contribution in [0.1, 0.15) is 35.2 Å². The Morgan fingerprint density at radius 3 is 2.71 bits per heavy atom. The highest BCUT2D eigenvalue weighted by atomic mass is 19.1. The molecule has 1 aliphatic heterocycles. The average molecular weight is 284 g/mol. The molecule has 0 bridgehead atoms. The third-order valence-corrected chi connectivity index (χ3v) is 4.35. The molecule has 2 aromatic carbocycles. The fraction of sp³-hybridized carbons (Fsp3) is 0.333. The molecule has 1 N–H and O–H groups in total. The third kappa shape index (κ3) is 2.99. The second-order valence-electron chi connectivity index (χ2n) is 5.82. The van der Waals surface area contributed by atoms with Crippen molar-refractivity contribution < 1.29 is 4.39 Å². The molecular weight excluding hydrogens is 263 g/mol. The lowest BCUT2D eigenvalue weighted by molar-refractivity contribution is 0.248. The van der Waals surface area contributed by atoms with Gasteiger partial charge in [-0.2, -0.15) is 0 Å². The first kappa shape index (κ1) is 14.2. The molecule has 0 amide bonds. The standard InChI is InChI=1S/C18H21FN2/c1-13(17-5-3-4-6-18(17)19)21(2)12-14-7-8-15-10-20-11-16(15)9-14/h3-9,13,20H,10-12H2,1-2H3. The molecule has 0 aromatic heterocycles. The van der Waals surface area contributed by atoms with Gasteiger partial charge < -0.3 is 5.32 Å². The van der Waals surface area contributed by atoms with Gasteiger partial charge >= 0.3 is 0 Å². The van der Waals surface area contributed by atoms with E-state index in [2.05, 4.69) is 28.4 Å². The topological polar surface area (TPSA) is 15.3 Å². The van der Waals surface area contributed by atoms with Crippen molar-refractivity contribution in [2.45, 2.75) is 32.6 Å². The van der Waals surface area contributed by atoms with Gasteiger partial charge in [0.2, 0.25) is 0 Å². The van der Waals surface area contributed by atoms with Gasteiger partial charge in [0, 0.05) is 31.2 Å². The van der Waals surface area contributed by atoms with Crippen LogP contribution in [-0.4, -0.2) is 11.9 Å². The summed E-state index contributed by atoms with van der Waals surface area (Å²) in [7, 11) is 2.04. The van der Waals surface area contributed by atoms with E-state index in [9.17, 15) is 4.39 Å². The Balaban J connectivity index is 1.74. The molecule has 1 aliphatic rings. The lowest BCUT2D eigenvalue weighted by Gasteiger charge is -2.25. The summed E-state index contributed by atoms with van der Waals surface area (Å²) in [6.45, 7) is 4.79. The van der Waals surface area contributed by atoms with Gasteiger partial charge in [-0.3, -0.25) is 4.90 Å². The molecule has 0 radical (unpaired) electrons. The maximum absolute atomic E-state index is 13.9. The number of rotatable bonds is 4. The number of fused-ring (bicyclic) bond motifs is 1. The van der Waals surface area contributed by atoms with Crippen LogP contribution < -0.4 is 5.32 Å². The van der Waals surface area contributed by atoms with Gasteiger partial charge in [-0.25, -0.2) is 4.39 Å². The summed E-state index contributed by atoms with van der Waals surface area (Å²) in [6, 6.07) is 13.7. The van der Waals surface area contributed by atoms with E-state index in [4.69, 9.17) is 0 Å². The van der Waals surface area contributed by atoms with Crippen molar-refractivity contribution in [3.8, 4) is 0 Å². The van der Waals surface area contributed by atoms with E-state index in [1.807, 2.05) is 26.1 Å². The van der Waals surface area contributed by atoms with Crippen molar-refractivity contribution in [1.29, 1.82) is 0 Å². The Morgan fingerprint density at radius 1 is 1.14 bits per heavy atom. The Morgan fingerprint density at radius 2 is 1.90 bits per heavy atom. The minimum absolute atomic E-state index is 0.0533. The van der Waals surface area contributed by atoms with E-state index in [0.717, 1.165) is 25.2 Å². The zero-order valence-corrected chi connectivity index (χ0v) is 12.6. The molecule has 0 spiro atoms. The number of nitrogens with zero attached hydrogens (tertiary/aromatic N) is 1. The van der Waals surface area contributed by atoms with Crippen molar-refractivity contribution in [3.05, 3.63) is 70.5 Å². The highest BCUT2D eigenvalue weighted by Gasteiger charge is 2.16. The molecule has 1 heterocycles. The van der Waals surface area contributed by atoms with Gasteiger partial charge in [-0.1, -0.05) is 36.4 Å². The molecule has 2 nitrogen and oxygen atoms in total. The molecule has 1 atom stereocenters. The second kappa shape index (κ2) is 5.96. The van der Waals surface area contributed by atoms with Crippen molar-refractivity contribution >= 4 is 0 Å². The summed E-state index contributed by atoms with van der Waals surface area (Å²) in [4.78, 5) is 2.18. The van der Waals surface area contributed by atoms with Crippen LogP contribution in [0, 0.1) is 5.82 Å². The number of benzene rings is 2. The zero-order chi connectivity index (χ0) is 14.8. The van der Waals surface area contributed by atoms with Crippen molar-refractivity contribution in [1.82, 2.24) is 10.2 Å². The molecule has 0 saturated carbocycles. The van der Waals surface area contributed by atoms with E-state index in [-0.39, 0.29) is 11.9 Å². The summed E-state index contributed by atoms with van der Waals surface area (Å²) in [6.07, 6.45) is 0. The molecule has 0 saturated heterocycles. The minimum atomic E-state index is -0.130. The summed E-state index contributed by atoms with van der Waals surface area (Å²) in [5, 5.41) is 3.36. The lowest BCUT2D eigenvalue weighted by Crippen LogP contribution is -2.22. The van der Waals surface area contributed by atoms with Crippen LogP contribution in [0.3, 0.4) is 0 Å². The van der Waals surface area contributed by atoms with Crippen LogP contribution in [-0.2, 0) is 19.6 Å². The molecule has 1 unspecified atom stereocenters. The normalized spacial score (nSPS) is 15.2. The number of nitrogens with one attached hydrogen (secondary N) is 1. The van der Waals surface area contributed by atoms with Crippen molar-refractivity contribution in [3.63, 3.8) is 0 Å². The fourth-order valence-corrected chi connectivity index (χ4v) is 2.92. The zero-order valence-electron chi connectivity index (χ0n) is 12.6. The second-order valence-corrected chi connectivity index (χ2v) is 5.82. The predicted octanol–water partition coefficient (Wildman–Crippen LogP) is 3.62. The van der Waals surface area contributed by atoms with Crippen LogP contribution in [0.25, 0.3) is 0 Å². The van der Waals surface area contributed by atoms with Gasteiger partial charge in [0.15, 0.2) is 0 Å². The number of hydrogen-bond acceptors (Lipinski definition) is 2. The Bertz CT molecular complexity index is 639. The van der Waals surface area contributed by atoms with Gasteiger partial charge in [0.05, 0.1) is 0 Å². The smallest absolute Gasteiger partial charge is 0.127 e. The summed E-state index contributed by atoms with van der Waals surface area (Å²) < 4.78 is 13.9. The Hall–Kier alpha value is -1.71. The van der Waals surface area contributed by atoms with Crippen molar-refractivity contribution in [2.24, 2.45) is 0 Å². The first-order valence-electron chi connectivity index (χ1n) is 7.41. The molecule has 21 heavy (non-hydrogen) atoms. The van der Waals surface area contributed by atoms with E-state index in [1.165, 1.54) is 22.8 Å². The molecule has 0 aliphatic carbocycles. The molecule has 3 rings (SSSR count). The summed E-state index contributed by atoms with van der Waals surface area (Å²) in [5.74, 6) is -0.130. The highest BCUT2D eigenvalue weighted by molar-refractivity contribution is 5.34. The summed E-state index contributed by atoms with van der Waals surface area (Å²) in [5.41, 5.74) is 4.81. The van der Waals surface area contributed by atoms with Crippen LogP contribution >= 0.6 is 0 Å². The maximum Gasteiger partial charge on any atom is 0.127 e. The first-order valence-corrected chi connectivity index (χ1v) is 7.41. The van der Waals surface area contributed by atoms with Crippen molar-refractivity contribution in [2.75, 3.05) is 7.05 Å². The molecular formula is C18H21FN2. The van der Waals surface area contributed by atoms with Crippen LogP contribution in [0.5, 0.6) is 0 Å². The number of halogens is 1. The fourth-order valence-electron chi connectivity index (χ4n) is 2.92. The van der Waals surface area contributed by atoms with E-state index >= 15 is 0 Å². The molecule has 0 fully saturated rings. The van der Waals surface area contributed by atoms with E-state index in [0.29, 0.717) is 0 Å². The quantitative estimate of drug-likeness (QED) is 0.922. The van der Waals surface area contributed by atoms with Gasteiger partial charge in [0.1, 0.15) is 5.82 Å². The average Bonchev–Trinajstić information content (AvgIpc) is 2.94. The predicted molar refractivity (Wildman–Crippen MR) is 83.3 cm³/mol. The highest BCUT2D eigenvalue weighted by Crippen LogP contribution is 2.24. The Labute approximate surface area is 125 Å². The molecule has 3 heteroatoms. The SMILES string of the molecule is CC(c1ccccc1F)N(C)Cc1ccc2c(c1)CNC2. The monoisotopic (exact) mass is 284 g/mol. The van der Waals surface area contributed by atoms with E-state index < -0.39 is 0 Å². The maximum atomic E-state index is 13.9. The molecule has 2 aromatic rings. The van der Waals surface area contributed by atoms with Gasteiger partial charge in [0.25, 0.3) is 0 Å². The molecule has 110 valence electrons. The van der Waals surface area contributed by atoms with E-state index in [1.54, 1.807) is 6.07 Å². The van der Waals surface area contributed by atoms with Gasteiger partial charge in [-0.05, 0) is 36.7 Å². The first-order chi connectivity index (χ1) is 10.1. The summed E-state index contributed by atoms with van der Waals surface area (Å²) >= 11 is 0. The van der Waals surface area contributed by atoms with Crippen LogP contribution in [0.15, 0.2) is 42.5 Å². The van der Waals surface area contributed by atoms with Gasteiger partial charge in [-0.15, -0.1) is 0 Å². The largest absolute Gasteiger partial charge is 0.309 e. The van der Waals surface area contributed by atoms with Crippen LogP contribution in [0.2, 0.25) is 0 Å². The number of hydrogen-bond donors (Lipinski definition) is 1.